The molecule has 0 amide bonds. The van der Waals surface area contributed by atoms with Crippen LogP contribution in [0.3, 0.4) is 0 Å². The molecule has 6 nitrogen and oxygen atoms in total. The molecule has 0 saturated heterocycles. The summed E-state index contributed by atoms with van der Waals surface area (Å²) in [5.41, 5.74) is 0.659. The molecule has 0 radical (unpaired) electrons. The highest BCUT2D eigenvalue weighted by atomic mass is 19.1. The van der Waals surface area contributed by atoms with E-state index in [1.807, 2.05) is 6.92 Å². The third kappa shape index (κ3) is 2.47. The van der Waals surface area contributed by atoms with Gasteiger partial charge in [0.1, 0.15) is 17.0 Å². The van der Waals surface area contributed by atoms with E-state index in [0.717, 1.165) is 0 Å². The Morgan fingerprint density at radius 3 is 2.75 bits per heavy atom. The van der Waals surface area contributed by atoms with E-state index in [1.54, 1.807) is 6.92 Å². The highest BCUT2D eigenvalue weighted by Gasteiger charge is 2.21. The van der Waals surface area contributed by atoms with Gasteiger partial charge in [-0.1, -0.05) is 0 Å². The lowest BCUT2D eigenvalue weighted by molar-refractivity contribution is 0.0697. The minimum atomic E-state index is -1.16. The summed E-state index contributed by atoms with van der Waals surface area (Å²) in [6.45, 7) is 4.76. The molecule has 0 aromatic carbocycles. The van der Waals surface area contributed by atoms with E-state index < -0.39 is 11.8 Å². The maximum atomic E-state index is 14.2. The topological polar surface area (TPSA) is 80.0 Å². The maximum Gasteiger partial charge on any atom is 0.339 e. The number of aromatic nitrogens is 3. The molecule has 2 aromatic rings. The van der Waals surface area contributed by atoms with Crippen molar-refractivity contribution in [2.24, 2.45) is 0 Å². The molecule has 2 rings (SSSR count). The third-order valence-corrected chi connectivity index (χ3v) is 2.82. The first kappa shape index (κ1) is 14.0. The van der Waals surface area contributed by atoms with E-state index in [4.69, 9.17) is 5.11 Å². The maximum absolute atomic E-state index is 14.2. The first-order valence-corrected chi connectivity index (χ1v) is 6.27. The number of halogens is 1. The van der Waals surface area contributed by atoms with E-state index in [9.17, 15) is 9.18 Å². The van der Waals surface area contributed by atoms with Crippen molar-refractivity contribution < 1.29 is 14.3 Å². The number of hydrogen-bond donors (Lipinski definition) is 2. The average molecular weight is 278 g/mol. The molecule has 2 heterocycles. The Morgan fingerprint density at radius 1 is 1.45 bits per heavy atom. The minimum absolute atomic E-state index is 0.0107. The molecule has 0 saturated carbocycles. The molecule has 0 fully saturated rings. The molecule has 106 valence electrons. The minimum Gasteiger partial charge on any atom is -0.478 e. The SMILES string of the molecule is CCNc1cnc(-c2c(C(=O)O)cnn2CC)c(F)c1. The molecular weight excluding hydrogens is 263 g/mol. The van der Waals surface area contributed by atoms with Gasteiger partial charge < -0.3 is 10.4 Å². The van der Waals surface area contributed by atoms with E-state index >= 15 is 0 Å². The number of carbonyl (C=O) groups is 1. The second-order valence-corrected chi connectivity index (χ2v) is 4.11. The number of pyridine rings is 1. The zero-order chi connectivity index (χ0) is 14.7. The van der Waals surface area contributed by atoms with Crippen molar-refractivity contribution in [1.82, 2.24) is 14.8 Å². The number of rotatable bonds is 5. The van der Waals surface area contributed by atoms with Crippen LogP contribution in [0.25, 0.3) is 11.4 Å². The second kappa shape index (κ2) is 5.68. The van der Waals surface area contributed by atoms with Crippen LogP contribution in [0.4, 0.5) is 10.1 Å². The summed E-state index contributed by atoms with van der Waals surface area (Å²) in [6.07, 6.45) is 2.68. The Kier molecular flexibility index (Phi) is 3.97. The number of carboxylic acids is 1. The fourth-order valence-electron chi connectivity index (χ4n) is 1.94. The van der Waals surface area contributed by atoms with Gasteiger partial charge in [0, 0.05) is 19.2 Å². The largest absolute Gasteiger partial charge is 0.478 e. The van der Waals surface area contributed by atoms with Crippen LogP contribution in [-0.4, -0.2) is 32.4 Å². The molecule has 0 atom stereocenters. The Bertz CT molecular complexity index is 639. The van der Waals surface area contributed by atoms with Crippen LogP contribution >= 0.6 is 0 Å². The molecule has 0 unspecified atom stereocenters. The number of nitrogens with zero attached hydrogens (tertiary/aromatic N) is 3. The predicted octanol–water partition coefficient (Wildman–Crippen LogP) is 2.23. The van der Waals surface area contributed by atoms with Gasteiger partial charge in [0.15, 0.2) is 5.82 Å². The van der Waals surface area contributed by atoms with Gasteiger partial charge in [0.05, 0.1) is 18.1 Å². The van der Waals surface area contributed by atoms with Crippen LogP contribution < -0.4 is 5.32 Å². The quantitative estimate of drug-likeness (QED) is 0.876. The number of aryl methyl sites for hydroxylation is 1. The van der Waals surface area contributed by atoms with Gasteiger partial charge in [-0.3, -0.25) is 4.68 Å². The highest BCUT2D eigenvalue weighted by Crippen LogP contribution is 2.26. The van der Waals surface area contributed by atoms with Crippen molar-refractivity contribution in [2.45, 2.75) is 20.4 Å². The molecule has 2 aromatic heterocycles. The lowest BCUT2D eigenvalue weighted by atomic mass is 10.1. The smallest absolute Gasteiger partial charge is 0.339 e. The highest BCUT2D eigenvalue weighted by molar-refractivity contribution is 5.94. The zero-order valence-corrected chi connectivity index (χ0v) is 11.2. The lowest BCUT2D eigenvalue weighted by Crippen LogP contribution is -2.07. The normalized spacial score (nSPS) is 10.6. The Balaban J connectivity index is 2.56. The Morgan fingerprint density at radius 2 is 2.20 bits per heavy atom. The standard InChI is InChI=1S/C13H15FN4O2/c1-3-15-8-5-10(14)11(16-6-8)12-9(13(19)20)7-17-18(12)4-2/h5-7,15H,3-4H2,1-2H3,(H,19,20). The van der Waals surface area contributed by atoms with E-state index in [1.165, 1.54) is 23.1 Å². The van der Waals surface area contributed by atoms with Crippen LogP contribution in [-0.2, 0) is 6.54 Å². The first-order valence-electron chi connectivity index (χ1n) is 6.27. The zero-order valence-electron chi connectivity index (χ0n) is 11.2. The van der Waals surface area contributed by atoms with Gasteiger partial charge in [-0.15, -0.1) is 0 Å². The van der Waals surface area contributed by atoms with Crippen LogP contribution in [0.1, 0.15) is 24.2 Å². The molecular formula is C13H15FN4O2. The molecule has 2 N–H and O–H groups in total. The van der Waals surface area contributed by atoms with Gasteiger partial charge in [0.25, 0.3) is 0 Å². The van der Waals surface area contributed by atoms with Crippen molar-refractivity contribution in [3.63, 3.8) is 0 Å². The number of anilines is 1. The third-order valence-electron chi connectivity index (χ3n) is 2.82. The molecule has 0 aliphatic heterocycles. The summed E-state index contributed by atoms with van der Waals surface area (Å²) < 4.78 is 15.6. The predicted molar refractivity (Wildman–Crippen MR) is 72.2 cm³/mol. The van der Waals surface area contributed by atoms with Gasteiger partial charge in [-0.25, -0.2) is 14.2 Å². The molecule has 20 heavy (non-hydrogen) atoms. The summed E-state index contributed by atoms with van der Waals surface area (Å²) in [5.74, 6) is -1.74. The number of hydrogen-bond acceptors (Lipinski definition) is 4. The van der Waals surface area contributed by atoms with Crippen LogP contribution in [0.5, 0.6) is 0 Å². The van der Waals surface area contributed by atoms with Crippen molar-refractivity contribution in [2.75, 3.05) is 11.9 Å². The average Bonchev–Trinajstić information content (AvgIpc) is 2.83. The monoisotopic (exact) mass is 278 g/mol. The summed E-state index contributed by atoms with van der Waals surface area (Å²) in [7, 11) is 0. The number of nitrogens with one attached hydrogen (secondary N) is 1. The lowest BCUT2D eigenvalue weighted by Gasteiger charge is -2.09. The van der Waals surface area contributed by atoms with Crippen LogP contribution in [0.2, 0.25) is 0 Å². The molecule has 7 heteroatoms. The second-order valence-electron chi connectivity index (χ2n) is 4.11. The summed E-state index contributed by atoms with van der Waals surface area (Å²) >= 11 is 0. The van der Waals surface area contributed by atoms with E-state index in [0.29, 0.717) is 18.8 Å². The number of aromatic carboxylic acids is 1. The first-order chi connectivity index (χ1) is 9.58. The molecule has 0 aliphatic carbocycles. The fourth-order valence-corrected chi connectivity index (χ4v) is 1.94. The summed E-state index contributed by atoms with van der Waals surface area (Å²) in [4.78, 5) is 15.2. The Labute approximate surface area is 115 Å². The van der Waals surface area contributed by atoms with Gasteiger partial charge >= 0.3 is 5.97 Å². The van der Waals surface area contributed by atoms with Crippen molar-refractivity contribution >= 4 is 11.7 Å². The van der Waals surface area contributed by atoms with Gasteiger partial charge in [0.2, 0.25) is 0 Å². The summed E-state index contributed by atoms with van der Waals surface area (Å²) in [5, 5.41) is 16.0. The van der Waals surface area contributed by atoms with Crippen molar-refractivity contribution in [1.29, 1.82) is 0 Å². The van der Waals surface area contributed by atoms with E-state index in [2.05, 4.69) is 15.4 Å². The van der Waals surface area contributed by atoms with Crippen LogP contribution in [0.15, 0.2) is 18.5 Å². The number of carboxylic acid groups (broad SMARTS) is 1. The Hall–Kier alpha value is -2.44. The van der Waals surface area contributed by atoms with Gasteiger partial charge in [-0.05, 0) is 13.8 Å². The van der Waals surface area contributed by atoms with Crippen molar-refractivity contribution in [3.8, 4) is 11.4 Å². The van der Waals surface area contributed by atoms with Gasteiger partial charge in [-0.2, -0.15) is 5.10 Å². The fraction of sp³-hybridized carbons (Fsp3) is 0.308. The van der Waals surface area contributed by atoms with E-state index in [-0.39, 0.29) is 17.0 Å². The molecule has 0 spiro atoms. The summed E-state index contributed by atoms with van der Waals surface area (Å²) in [6, 6.07) is 1.30. The van der Waals surface area contributed by atoms with Crippen LogP contribution in [0, 0.1) is 5.82 Å². The molecule has 0 bridgehead atoms. The van der Waals surface area contributed by atoms with Crippen molar-refractivity contribution in [3.05, 3.63) is 29.8 Å². The molecule has 0 aliphatic rings.